The first-order valence-corrected chi connectivity index (χ1v) is 9.54. The van der Waals surface area contributed by atoms with Crippen molar-refractivity contribution in [2.45, 2.75) is 23.1 Å². The quantitative estimate of drug-likeness (QED) is 0.497. The monoisotopic (exact) mass is 371 g/mol. The number of carbonyl (C=O) groups is 1. The fraction of sp³-hybridized carbons (Fsp3) is 0.167. The maximum Gasteiger partial charge on any atom is 0.266 e. The summed E-state index contributed by atoms with van der Waals surface area (Å²) < 4.78 is 6.42. The van der Waals surface area contributed by atoms with Gasteiger partial charge in [0.15, 0.2) is 10.4 Å². The van der Waals surface area contributed by atoms with Gasteiger partial charge in [0.2, 0.25) is 5.13 Å². The van der Waals surface area contributed by atoms with Crippen molar-refractivity contribution in [1.29, 1.82) is 0 Å². The van der Waals surface area contributed by atoms with Crippen LogP contribution in [0.15, 0.2) is 65.0 Å². The van der Waals surface area contributed by atoms with Crippen LogP contribution in [0.3, 0.4) is 0 Å². The van der Waals surface area contributed by atoms with Gasteiger partial charge in [-0.1, -0.05) is 71.6 Å². The Morgan fingerprint density at radius 3 is 2.52 bits per heavy atom. The van der Waals surface area contributed by atoms with E-state index >= 15 is 0 Å². The van der Waals surface area contributed by atoms with Crippen LogP contribution in [-0.2, 0) is 10.5 Å². The van der Waals surface area contributed by atoms with Crippen LogP contribution in [0.4, 0.5) is 5.13 Å². The van der Waals surface area contributed by atoms with Crippen LogP contribution in [0, 0.1) is 0 Å². The summed E-state index contributed by atoms with van der Waals surface area (Å²) in [5.74, 6) is 1.22. The fourth-order valence-corrected chi connectivity index (χ4v) is 3.71. The molecular formula is C18H17N3O2S2. The Kier molecular flexibility index (Phi) is 6.03. The van der Waals surface area contributed by atoms with Gasteiger partial charge in [-0.15, -0.1) is 10.2 Å². The molecule has 25 heavy (non-hydrogen) atoms. The number of thioether (sulfide) groups is 1. The highest BCUT2D eigenvalue weighted by Gasteiger charge is 2.17. The Bertz CT molecular complexity index is 809. The van der Waals surface area contributed by atoms with Crippen molar-refractivity contribution in [2.75, 3.05) is 5.32 Å². The minimum absolute atomic E-state index is 0.250. The lowest BCUT2D eigenvalue weighted by atomic mass is 10.2. The van der Waals surface area contributed by atoms with Crippen molar-refractivity contribution in [3.63, 3.8) is 0 Å². The molecule has 0 bridgehead atoms. The van der Waals surface area contributed by atoms with E-state index in [4.69, 9.17) is 4.74 Å². The average molecular weight is 371 g/mol. The lowest BCUT2D eigenvalue weighted by molar-refractivity contribution is -0.122. The Morgan fingerprint density at radius 2 is 1.80 bits per heavy atom. The van der Waals surface area contributed by atoms with Gasteiger partial charge in [-0.25, -0.2) is 0 Å². The zero-order valence-corrected chi connectivity index (χ0v) is 15.2. The van der Waals surface area contributed by atoms with Gasteiger partial charge in [0.25, 0.3) is 5.91 Å². The third-order valence-electron chi connectivity index (χ3n) is 3.27. The minimum Gasteiger partial charge on any atom is -0.481 e. The standard InChI is InChI=1S/C18H17N3O2S2/c1-13(23-15-10-6-3-7-11-15)16(22)19-17-20-21-18(25-17)24-12-14-8-4-2-5-9-14/h2-11,13H,12H2,1H3,(H,19,20,22)/t13-/m0/s1. The van der Waals surface area contributed by atoms with E-state index in [-0.39, 0.29) is 5.91 Å². The van der Waals surface area contributed by atoms with Crippen molar-refractivity contribution < 1.29 is 9.53 Å². The van der Waals surface area contributed by atoms with Crippen LogP contribution in [0.1, 0.15) is 12.5 Å². The highest BCUT2D eigenvalue weighted by atomic mass is 32.2. The summed E-state index contributed by atoms with van der Waals surface area (Å²) >= 11 is 2.95. The summed E-state index contributed by atoms with van der Waals surface area (Å²) in [6.45, 7) is 1.70. The number of anilines is 1. The summed E-state index contributed by atoms with van der Waals surface area (Å²) in [5.41, 5.74) is 1.22. The minimum atomic E-state index is -0.619. The molecule has 1 heterocycles. The first-order valence-electron chi connectivity index (χ1n) is 7.73. The molecule has 3 aromatic rings. The number of carbonyl (C=O) groups excluding carboxylic acids is 1. The van der Waals surface area contributed by atoms with E-state index in [1.165, 1.54) is 16.9 Å². The number of benzene rings is 2. The SMILES string of the molecule is C[C@H](Oc1ccccc1)C(=O)Nc1nnc(SCc2ccccc2)s1. The van der Waals surface area contributed by atoms with E-state index in [9.17, 15) is 4.79 Å². The molecule has 0 unspecified atom stereocenters. The van der Waals surface area contributed by atoms with E-state index < -0.39 is 6.10 Å². The number of hydrogen-bond acceptors (Lipinski definition) is 6. The second kappa shape index (κ2) is 8.64. The van der Waals surface area contributed by atoms with Crippen LogP contribution in [0.25, 0.3) is 0 Å². The maximum atomic E-state index is 12.2. The van der Waals surface area contributed by atoms with Gasteiger partial charge in [0.05, 0.1) is 0 Å². The molecule has 128 valence electrons. The summed E-state index contributed by atoms with van der Waals surface area (Å²) in [6, 6.07) is 19.4. The van der Waals surface area contributed by atoms with Gasteiger partial charge in [0, 0.05) is 5.75 Å². The first kappa shape index (κ1) is 17.4. The molecule has 0 radical (unpaired) electrons. The van der Waals surface area contributed by atoms with E-state index in [0.717, 1.165) is 10.1 Å². The number of para-hydroxylation sites is 1. The number of amides is 1. The number of aromatic nitrogens is 2. The molecule has 1 N–H and O–H groups in total. The molecule has 0 aliphatic rings. The topological polar surface area (TPSA) is 64.1 Å². The summed E-state index contributed by atoms with van der Waals surface area (Å²) in [4.78, 5) is 12.2. The predicted molar refractivity (Wildman–Crippen MR) is 101 cm³/mol. The van der Waals surface area contributed by atoms with E-state index in [1.807, 2.05) is 48.5 Å². The predicted octanol–water partition coefficient (Wildman–Crippen LogP) is 4.24. The highest BCUT2D eigenvalue weighted by Crippen LogP contribution is 2.28. The van der Waals surface area contributed by atoms with Crippen LogP contribution >= 0.6 is 23.1 Å². The van der Waals surface area contributed by atoms with Crippen LogP contribution in [-0.4, -0.2) is 22.2 Å². The molecule has 7 heteroatoms. The van der Waals surface area contributed by atoms with E-state index in [2.05, 4.69) is 27.6 Å². The first-order chi connectivity index (χ1) is 12.2. The number of hydrogen-bond donors (Lipinski definition) is 1. The zero-order valence-electron chi connectivity index (χ0n) is 13.6. The van der Waals surface area contributed by atoms with Crippen LogP contribution < -0.4 is 10.1 Å². The molecule has 0 aliphatic heterocycles. The van der Waals surface area contributed by atoms with Crippen molar-refractivity contribution in [3.8, 4) is 5.75 Å². The average Bonchev–Trinajstić information content (AvgIpc) is 3.09. The van der Waals surface area contributed by atoms with Crippen molar-refractivity contribution in [1.82, 2.24) is 10.2 Å². The number of nitrogens with zero attached hydrogens (tertiary/aromatic N) is 2. The molecule has 1 atom stereocenters. The second-order valence-corrected chi connectivity index (χ2v) is 7.41. The van der Waals surface area contributed by atoms with Crippen molar-refractivity contribution in [2.24, 2.45) is 0 Å². The summed E-state index contributed by atoms with van der Waals surface area (Å²) in [7, 11) is 0. The molecule has 2 aromatic carbocycles. The molecule has 0 saturated carbocycles. The van der Waals surface area contributed by atoms with E-state index in [1.54, 1.807) is 18.7 Å². The summed E-state index contributed by atoms with van der Waals surface area (Å²) in [5, 5.41) is 11.3. The smallest absolute Gasteiger partial charge is 0.266 e. The molecule has 1 aromatic heterocycles. The van der Waals surface area contributed by atoms with Crippen LogP contribution in [0.5, 0.6) is 5.75 Å². The Balaban J connectivity index is 1.51. The second-order valence-electron chi connectivity index (χ2n) is 5.21. The molecule has 0 fully saturated rings. The van der Waals surface area contributed by atoms with Crippen molar-refractivity contribution in [3.05, 3.63) is 66.2 Å². The van der Waals surface area contributed by atoms with Gasteiger partial charge in [0.1, 0.15) is 5.75 Å². The molecule has 3 rings (SSSR count). The third-order valence-corrected chi connectivity index (χ3v) is 5.31. The lowest BCUT2D eigenvalue weighted by Crippen LogP contribution is -2.30. The van der Waals surface area contributed by atoms with Crippen LogP contribution in [0.2, 0.25) is 0 Å². The highest BCUT2D eigenvalue weighted by molar-refractivity contribution is 8.00. The van der Waals surface area contributed by atoms with Gasteiger partial charge in [-0.05, 0) is 24.6 Å². The largest absolute Gasteiger partial charge is 0.481 e. The van der Waals surface area contributed by atoms with Crippen molar-refractivity contribution >= 4 is 34.1 Å². The van der Waals surface area contributed by atoms with Gasteiger partial charge < -0.3 is 4.74 Å². The third kappa shape index (κ3) is 5.30. The number of rotatable bonds is 7. The molecular weight excluding hydrogens is 354 g/mol. The number of ether oxygens (including phenoxy) is 1. The van der Waals surface area contributed by atoms with Gasteiger partial charge >= 0.3 is 0 Å². The Morgan fingerprint density at radius 1 is 1.12 bits per heavy atom. The normalized spacial score (nSPS) is 11.7. The Hall–Kier alpha value is -2.38. The molecule has 1 amide bonds. The molecule has 0 saturated heterocycles. The maximum absolute atomic E-state index is 12.2. The lowest BCUT2D eigenvalue weighted by Gasteiger charge is -2.13. The Labute approximate surface area is 154 Å². The zero-order chi connectivity index (χ0) is 17.5. The fourth-order valence-electron chi connectivity index (χ4n) is 2.00. The van der Waals surface area contributed by atoms with E-state index in [0.29, 0.717) is 10.9 Å². The molecule has 5 nitrogen and oxygen atoms in total. The number of nitrogens with one attached hydrogen (secondary N) is 1. The van der Waals surface area contributed by atoms with Gasteiger partial charge in [-0.3, -0.25) is 10.1 Å². The molecule has 0 aliphatic carbocycles. The van der Waals surface area contributed by atoms with Gasteiger partial charge in [-0.2, -0.15) is 0 Å². The molecule has 0 spiro atoms. The summed E-state index contributed by atoms with van der Waals surface area (Å²) in [6.07, 6.45) is -0.619.